The Bertz CT molecular complexity index is 479. The first-order valence-corrected chi connectivity index (χ1v) is 7.29. The van der Waals surface area contributed by atoms with Gasteiger partial charge in [-0.1, -0.05) is 6.92 Å². The minimum atomic E-state index is -0.367. The molecule has 0 saturated heterocycles. The van der Waals surface area contributed by atoms with E-state index in [1.165, 1.54) is 0 Å². The molecule has 0 radical (unpaired) electrons. The van der Waals surface area contributed by atoms with Crippen LogP contribution in [0.2, 0.25) is 0 Å². The average molecular weight is 343 g/mol. The molecule has 0 aromatic carbocycles. The second kappa shape index (κ2) is 8.52. The van der Waals surface area contributed by atoms with Crippen LogP contribution in [0.25, 0.3) is 0 Å². The number of primary amides is 1. The molecule has 0 aliphatic carbocycles. The summed E-state index contributed by atoms with van der Waals surface area (Å²) < 4.78 is 0.738. The van der Waals surface area contributed by atoms with Gasteiger partial charge in [0.25, 0.3) is 5.91 Å². The number of nitrogens with two attached hydrogens (primary N) is 1. The highest BCUT2D eigenvalue weighted by molar-refractivity contribution is 9.10. The Morgan fingerprint density at radius 2 is 2.15 bits per heavy atom. The molecule has 2 amide bonds. The monoisotopic (exact) mass is 342 g/mol. The van der Waals surface area contributed by atoms with Crippen molar-refractivity contribution in [3.05, 3.63) is 22.3 Å². The molecule has 0 saturated carbocycles. The van der Waals surface area contributed by atoms with Crippen LogP contribution >= 0.6 is 15.9 Å². The molecule has 0 atom stereocenters. The van der Waals surface area contributed by atoms with E-state index in [-0.39, 0.29) is 18.2 Å². The zero-order valence-electron chi connectivity index (χ0n) is 11.4. The number of nitrogens with one attached hydrogen (secondary N) is 2. The number of aromatic nitrogens is 1. The summed E-state index contributed by atoms with van der Waals surface area (Å²) in [5, 5.41) is 5.86. The molecule has 1 aromatic heterocycles. The minimum absolute atomic E-state index is 0.220. The number of hydrogen-bond acceptors (Lipinski definition) is 4. The van der Waals surface area contributed by atoms with Crippen LogP contribution in [0.5, 0.6) is 0 Å². The molecule has 0 unspecified atom stereocenters. The predicted molar refractivity (Wildman–Crippen MR) is 81.5 cm³/mol. The fraction of sp³-hybridized carbons (Fsp3) is 0.462. The van der Waals surface area contributed by atoms with Crippen molar-refractivity contribution >= 4 is 33.6 Å². The summed E-state index contributed by atoms with van der Waals surface area (Å²) >= 11 is 3.30. The highest BCUT2D eigenvalue weighted by atomic mass is 79.9. The second-order valence-corrected chi connectivity index (χ2v) is 5.22. The lowest BCUT2D eigenvalue weighted by Crippen LogP contribution is -2.27. The van der Waals surface area contributed by atoms with Gasteiger partial charge in [-0.25, -0.2) is 4.98 Å². The van der Waals surface area contributed by atoms with Gasteiger partial charge in [-0.05, 0) is 34.8 Å². The van der Waals surface area contributed by atoms with Gasteiger partial charge >= 0.3 is 0 Å². The summed E-state index contributed by atoms with van der Waals surface area (Å²) in [6.45, 7) is 3.19. The molecule has 20 heavy (non-hydrogen) atoms. The van der Waals surface area contributed by atoms with Crippen molar-refractivity contribution in [1.82, 2.24) is 10.3 Å². The molecule has 0 bridgehead atoms. The lowest BCUT2D eigenvalue weighted by atomic mass is 10.2. The van der Waals surface area contributed by atoms with Crippen molar-refractivity contribution in [2.24, 2.45) is 5.73 Å². The molecule has 0 aliphatic rings. The van der Waals surface area contributed by atoms with E-state index in [1.807, 2.05) is 6.92 Å². The Morgan fingerprint density at radius 3 is 2.80 bits per heavy atom. The standard InChI is InChI=1S/C13H19BrN4O2/c1-2-5-16-12-10(7-9(14)8-18-12)13(20)17-6-3-4-11(15)19/h7-8H,2-6H2,1H3,(H2,15,19)(H,16,18)(H,17,20). The van der Waals surface area contributed by atoms with Crippen molar-refractivity contribution in [2.75, 3.05) is 18.4 Å². The maximum atomic E-state index is 12.1. The van der Waals surface area contributed by atoms with E-state index < -0.39 is 0 Å². The largest absolute Gasteiger partial charge is 0.370 e. The first kappa shape index (κ1) is 16.4. The number of hydrogen-bond donors (Lipinski definition) is 3. The molecule has 1 heterocycles. The lowest BCUT2D eigenvalue weighted by molar-refractivity contribution is -0.118. The first-order valence-electron chi connectivity index (χ1n) is 6.50. The molecular weight excluding hydrogens is 324 g/mol. The maximum absolute atomic E-state index is 12.1. The van der Waals surface area contributed by atoms with Gasteiger partial charge in [-0.2, -0.15) is 0 Å². The van der Waals surface area contributed by atoms with Crippen LogP contribution in [-0.2, 0) is 4.79 Å². The number of rotatable bonds is 8. The highest BCUT2D eigenvalue weighted by Gasteiger charge is 2.12. The average Bonchev–Trinajstić information content (AvgIpc) is 2.41. The molecule has 0 aliphatic heterocycles. The Balaban J connectivity index is 2.65. The molecule has 1 aromatic rings. The van der Waals surface area contributed by atoms with E-state index in [2.05, 4.69) is 31.5 Å². The smallest absolute Gasteiger partial charge is 0.255 e. The highest BCUT2D eigenvalue weighted by Crippen LogP contribution is 2.18. The van der Waals surface area contributed by atoms with E-state index in [9.17, 15) is 9.59 Å². The van der Waals surface area contributed by atoms with E-state index in [1.54, 1.807) is 12.3 Å². The van der Waals surface area contributed by atoms with Gasteiger partial charge in [0.1, 0.15) is 5.82 Å². The Morgan fingerprint density at radius 1 is 1.40 bits per heavy atom. The lowest BCUT2D eigenvalue weighted by Gasteiger charge is -2.11. The molecule has 110 valence electrons. The second-order valence-electron chi connectivity index (χ2n) is 4.30. The summed E-state index contributed by atoms with van der Waals surface area (Å²) in [5.74, 6) is -0.0296. The summed E-state index contributed by atoms with van der Waals surface area (Å²) in [6.07, 6.45) is 3.37. The predicted octanol–water partition coefficient (Wildman–Crippen LogP) is 1.66. The van der Waals surface area contributed by atoms with Crippen LogP contribution in [0.15, 0.2) is 16.7 Å². The van der Waals surface area contributed by atoms with Crippen LogP contribution in [0, 0.1) is 0 Å². The Labute approximate surface area is 126 Å². The molecular formula is C13H19BrN4O2. The van der Waals surface area contributed by atoms with E-state index in [4.69, 9.17) is 5.73 Å². The third kappa shape index (κ3) is 5.56. The summed E-state index contributed by atoms with van der Waals surface area (Å²) in [6, 6.07) is 1.72. The normalized spacial score (nSPS) is 10.1. The first-order chi connectivity index (χ1) is 9.54. The molecule has 0 fully saturated rings. The van der Waals surface area contributed by atoms with Crippen molar-refractivity contribution in [3.8, 4) is 0 Å². The van der Waals surface area contributed by atoms with E-state index in [0.29, 0.717) is 24.3 Å². The topological polar surface area (TPSA) is 97.1 Å². The van der Waals surface area contributed by atoms with Crippen LogP contribution in [0.4, 0.5) is 5.82 Å². The molecule has 0 spiro atoms. The van der Waals surface area contributed by atoms with Gasteiger partial charge in [0.2, 0.25) is 5.91 Å². The van der Waals surface area contributed by atoms with Crippen molar-refractivity contribution in [1.29, 1.82) is 0 Å². The van der Waals surface area contributed by atoms with Crippen LogP contribution in [0.3, 0.4) is 0 Å². The molecule has 6 nitrogen and oxygen atoms in total. The van der Waals surface area contributed by atoms with E-state index >= 15 is 0 Å². The van der Waals surface area contributed by atoms with Gasteiger partial charge in [0, 0.05) is 30.2 Å². The SMILES string of the molecule is CCCNc1ncc(Br)cc1C(=O)NCCCC(N)=O. The Hall–Kier alpha value is -1.63. The van der Waals surface area contributed by atoms with Crippen molar-refractivity contribution < 1.29 is 9.59 Å². The van der Waals surface area contributed by atoms with Crippen molar-refractivity contribution in [2.45, 2.75) is 26.2 Å². The van der Waals surface area contributed by atoms with E-state index in [0.717, 1.165) is 17.4 Å². The number of halogens is 1. The van der Waals surface area contributed by atoms with Crippen molar-refractivity contribution in [3.63, 3.8) is 0 Å². The van der Waals surface area contributed by atoms with Gasteiger partial charge in [0.05, 0.1) is 5.56 Å². The summed E-state index contributed by atoms with van der Waals surface area (Å²) in [7, 11) is 0. The quantitative estimate of drug-likeness (QED) is 0.626. The number of anilines is 1. The third-order valence-corrected chi connectivity index (χ3v) is 2.96. The van der Waals surface area contributed by atoms with Crippen LogP contribution in [-0.4, -0.2) is 29.9 Å². The van der Waals surface area contributed by atoms with Gasteiger partial charge in [-0.15, -0.1) is 0 Å². The Kier molecular flexibility index (Phi) is 7.00. The maximum Gasteiger partial charge on any atom is 0.255 e. The fourth-order valence-electron chi connectivity index (χ4n) is 1.56. The number of nitrogens with zero attached hydrogens (tertiary/aromatic N) is 1. The number of pyridine rings is 1. The van der Waals surface area contributed by atoms with Gasteiger partial charge in [-0.3, -0.25) is 9.59 Å². The number of carbonyl (C=O) groups is 2. The number of carbonyl (C=O) groups excluding carboxylic acids is 2. The zero-order chi connectivity index (χ0) is 15.0. The van der Waals surface area contributed by atoms with Gasteiger partial charge < -0.3 is 16.4 Å². The summed E-state index contributed by atoms with van der Waals surface area (Å²) in [4.78, 5) is 26.9. The third-order valence-electron chi connectivity index (χ3n) is 2.53. The van der Waals surface area contributed by atoms with Crippen LogP contribution < -0.4 is 16.4 Å². The minimum Gasteiger partial charge on any atom is -0.370 e. The fourth-order valence-corrected chi connectivity index (χ4v) is 1.89. The van der Waals surface area contributed by atoms with Crippen LogP contribution in [0.1, 0.15) is 36.5 Å². The van der Waals surface area contributed by atoms with Gasteiger partial charge in [0.15, 0.2) is 0 Å². The zero-order valence-corrected chi connectivity index (χ0v) is 13.0. The number of amides is 2. The molecule has 4 N–H and O–H groups in total. The molecule has 7 heteroatoms. The summed E-state index contributed by atoms with van der Waals surface area (Å²) in [5.41, 5.74) is 5.52. The molecule has 1 rings (SSSR count).